The first-order valence-electron chi connectivity index (χ1n) is 7.39. The molecule has 0 unspecified atom stereocenters. The lowest BCUT2D eigenvalue weighted by Crippen LogP contribution is -2.35. The van der Waals surface area contributed by atoms with E-state index in [2.05, 4.69) is 5.32 Å². The molecule has 0 aromatic heterocycles. The Morgan fingerprint density at radius 2 is 1.88 bits per heavy atom. The molecule has 126 valence electrons. The number of ether oxygens (including phenoxy) is 1. The molecule has 2 aromatic rings. The van der Waals surface area contributed by atoms with E-state index in [1.54, 1.807) is 25.1 Å². The molecule has 0 aliphatic rings. The molecule has 0 spiro atoms. The lowest BCUT2D eigenvalue weighted by molar-refractivity contribution is -0.129. The minimum atomic E-state index is -0.999. The summed E-state index contributed by atoms with van der Waals surface area (Å²) < 4.78 is 17.9. The van der Waals surface area contributed by atoms with E-state index in [-0.39, 0.29) is 23.7 Å². The summed E-state index contributed by atoms with van der Waals surface area (Å²) >= 11 is 0. The maximum atomic E-state index is 12.8. The fourth-order valence-electron chi connectivity index (χ4n) is 1.95. The van der Waals surface area contributed by atoms with Crippen LogP contribution in [0, 0.1) is 12.7 Å². The third-order valence-corrected chi connectivity index (χ3v) is 3.48. The summed E-state index contributed by atoms with van der Waals surface area (Å²) in [7, 11) is 0. The first-order valence-corrected chi connectivity index (χ1v) is 7.39. The summed E-state index contributed by atoms with van der Waals surface area (Å²) in [6.07, 6.45) is -0.999. The van der Waals surface area contributed by atoms with E-state index >= 15 is 0 Å². The third-order valence-electron chi connectivity index (χ3n) is 3.48. The van der Waals surface area contributed by atoms with Gasteiger partial charge in [0.05, 0.1) is 5.56 Å². The van der Waals surface area contributed by atoms with Crippen LogP contribution in [0.2, 0.25) is 0 Å². The van der Waals surface area contributed by atoms with Gasteiger partial charge in [0.1, 0.15) is 11.6 Å². The minimum Gasteiger partial charge on any atom is -0.508 e. The number of carbonyl (C=O) groups excluding carboxylic acids is 2. The van der Waals surface area contributed by atoms with Crippen molar-refractivity contribution in [2.75, 3.05) is 0 Å². The van der Waals surface area contributed by atoms with Gasteiger partial charge >= 0.3 is 5.97 Å². The number of halogens is 1. The fraction of sp³-hybridized carbons (Fsp3) is 0.222. The van der Waals surface area contributed by atoms with Gasteiger partial charge < -0.3 is 15.2 Å². The summed E-state index contributed by atoms with van der Waals surface area (Å²) in [5.74, 6) is -1.54. The SMILES string of the molecule is Cc1ccc(C(=O)O[C@H](C)C(=O)NCc2ccc(F)cc2)cc1O. The van der Waals surface area contributed by atoms with Crippen LogP contribution in [-0.2, 0) is 16.1 Å². The number of esters is 1. The van der Waals surface area contributed by atoms with Crippen LogP contribution in [0.4, 0.5) is 4.39 Å². The second-order valence-corrected chi connectivity index (χ2v) is 5.39. The van der Waals surface area contributed by atoms with Crippen LogP contribution in [0.1, 0.15) is 28.4 Å². The van der Waals surface area contributed by atoms with Gasteiger partial charge in [0.15, 0.2) is 6.10 Å². The molecule has 0 saturated heterocycles. The molecule has 6 heteroatoms. The van der Waals surface area contributed by atoms with Crippen LogP contribution in [0.25, 0.3) is 0 Å². The summed E-state index contributed by atoms with van der Waals surface area (Å²) in [5.41, 5.74) is 1.53. The average molecular weight is 331 g/mol. The standard InChI is InChI=1S/C18H18FNO4/c1-11-3-6-14(9-16(11)21)18(23)24-12(2)17(22)20-10-13-4-7-15(19)8-5-13/h3-9,12,21H,10H2,1-2H3,(H,20,22)/t12-/m1/s1. The zero-order valence-electron chi connectivity index (χ0n) is 13.4. The second kappa shape index (κ2) is 7.59. The summed E-state index contributed by atoms with van der Waals surface area (Å²) in [6.45, 7) is 3.36. The smallest absolute Gasteiger partial charge is 0.339 e. The van der Waals surface area contributed by atoms with E-state index in [1.807, 2.05) is 0 Å². The number of phenolic OH excluding ortho intramolecular Hbond substituents is 1. The Hall–Kier alpha value is -2.89. The number of nitrogens with one attached hydrogen (secondary N) is 1. The van der Waals surface area contributed by atoms with Crippen LogP contribution in [0.5, 0.6) is 5.75 Å². The minimum absolute atomic E-state index is 0.0159. The molecular formula is C18H18FNO4. The molecule has 2 rings (SSSR count). The highest BCUT2D eigenvalue weighted by atomic mass is 19.1. The molecule has 1 atom stereocenters. The number of hydrogen-bond donors (Lipinski definition) is 2. The Labute approximate surface area is 139 Å². The Kier molecular flexibility index (Phi) is 5.52. The van der Waals surface area contributed by atoms with Crippen molar-refractivity contribution >= 4 is 11.9 Å². The topological polar surface area (TPSA) is 75.6 Å². The van der Waals surface area contributed by atoms with Crippen molar-refractivity contribution < 1.29 is 23.8 Å². The highest BCUT2D eigenvalue weighted by Crippen LogP contribution is 2.18. The average Bonchev–Trinajstić information content (AvgIpc) is 2.56. The largest absolute Gasteiger partial charge is 0.508 e. The number of carbonyl (C=O) groups is 2. The number of amides is 1. The number of phenols is 1. The van der Waals surface area contributed by atoms with E-state index in [1.165, 1.54) is 31.2 Å². The number of aromatic hydroxyl groups is 1. The zero-order chi connectivity index (χ0) is 17.7. The van der Waals surface area contributed by atoms with Gasteiger partial charge in [-0.25, -0.2) is 9.18 Å². The Morgan fingerprint density at radius 1 is 1.21 bits per heavy atom. The quantitative estimate of drug-likeness (QED) is 0.826. The summed E-state index contributed by atoms with van der Waals surface area (Å²) in [4.78, 5) is 23.9. The van der Waals surface area contributed by atoms with Crippen LogP contribution in [0.3, 0.4) is 0 Å². The summed E-state index contributed by atoms with van der Waals surface area (Å²) in [6, 6.07) is 10.1. The van der Waals surface area contributed by atoms with E-state index in [0.29, 0.717) is 5.56 Å². The number of aryl methyl sites for hydroxylation is 1. The first-order chi connectivity index (χ1) is 11.4. The second-order valence-electron chi connectivity index (χ2n) is 5.39. The molecule has 2 aromatic carbocycles. The van der Waals surface area contributed by atoms with Gasteiger partial charge in [-0.3, -0.25) is 4.79 Å². The molecule has 0 bridgehead atoms. The summed E-state index contributed by atoms with van der Waals surface area (Å²) in [5, 5.41) is 12.2. The van der Waals surface area contributed by atoms with Crippen molar-refractivity contribution in [2.24, 2.45) is 0 Å². The molecular weight excluding hydrogens is 313 g/mol. The molecule has 5 nitrogen and oxygen atoms in total. The van der Waals surface area contributed by atoms with Gasteiger partial charge in [-0.05, 0) is 49.2 Å². The molecule has 0 aliphatic carbocycles. The molecule has 0 heterocycles. The van der Waals surface area contributed by atoms with E-state index in [9.17, 15) is 19.1 Å². The Bertz CT molecular complexity index is 743. The van der Waals surface area contributed by atoms with Gasteiger partial charge in [0.2, 0.25) is 0 Å². The first kappa shape index (κ1) is 17.5. The zero-order valence-corrected chi connectivity index (χ0v) is 13.4. The lowest BCUT2D eigenvalue weighted by atomic mass is 10.1. The predicted molar refractivity (Wildman–Crippen MR) is 86.0 cm³/mol. The monoisotopic (exact) mass is 331 g/mol. The van der Waals surface area contributed by atoms with E-state index < -0.39 is 18.0 Å². The lowest BCUT2D eigenvalue weighted by Gasteiger charge is -2.14. The van der Waals surface area contributed by atoms with Crippen LogP contribution in [-0.4, -0.2) is 23.1 Å². The normalized spacial score (nSPS) is 11.6. The van der Waals surface area contributed by atoms with Crippen molar-refractivity contribution in [3.05, 3.63) is 65.0 Å². The maximum Gasteiger partial charge on any atom is 0.339 e. The van der Waals surface area contributed by atoms with E-state index in [0.717, 1.165) is 5.56 Å². The van der Waals surface area contributed by atoms with Crippen molar-refractivity contribution in [3.8, 4) is 5.75 Å². The molecule has 24 heavy (non-hydrogen) atoms. The van der Waals surface area contributed by atoms with Gasteiger partial charge in [-0.15, -0.1) is 0 Å². The van der Waals surface area contributed by atoms with Crippen molar-refractivity contribution in [1.82, 2.24) is 5.32 Å². The molecule has 1 amide bonds. The van der Waals surface area contributed by atoms with Gasteiger partial charge in [0, 0.05) is 6.54 Å². The number of hydrogen-bond acceptors (Lipinski definition) is 4. The molecule has 2 N–H and O–H groups in total. The van der Waals surface area contributed by atoms with Crippen LogP contribution in [0.15, 0.2) is 42.5 Å². The number of benzene rings is 2. The maximum absolute atomic E-state index is 12.8. The Balaban J connectivity index is 1.89. The highest BCUT2D eigenvalue weighted by Gasteiger charge is 2.19. The molecule has 0 fully saturated rings. The van der Waals surface area contributed by atoms with Crippen LogP contribution < -0.4 is 5.32 Å². The van der Waals surface area contributed by atoms with Crippen LogP contribution >= 0.6 is 0 Å². The van der Waals surface area contributed by atoms with Gasteiger partial charge in [-0.2, -0.15) is 0 Å². The fourth-order valence-corrected chi connectivity index (χ4v) is 1.95. The van der Waals surface area contributed by atoms with Crippen molar-refractivity contribution in [3.63, 3.8) is 0 Å². The van der Waals surface area contributed by atoms with Crippen molar-refractivity contribution in [2.45, 2.75) is 26.5 Å². The predicted octanol–water partition coefficient (Wildman–Crippen LogP) is 2.70. The Morgan fingerprint density at radius 3 is 2.50 bits per heavy atom. The van der Waals surface area contributed by atoms with Gasteiger partial charge in [-0.1, -0.05) is 18.2 Å². The molecule has 0 saturated carbocycles. The van der Waals surface area contributed by atoms with Crippen molar-refractivity contribution in [1.29, 1.82) is 0 Å². The molecule has 0 aliphatic heterocycles. The molecule has 0 radical (unpaired) electrons. The highest BCUT2D eigenvalue weighted by molar-refractivity contribution is 5.92. The van der Waals surface area contributed by atoms with E-state index in [4.69, 9.17) is 4.74 Å². The number of rotatable bonds is 5. The van der Waals surface area contributed by atoms with Gasteiger partial charge in [0.25, 0.3) is 5.91 Å². The third kappa shape index (κ3) is 4.55.